The number of hydrogen-bond donors (Lipinski definition) is 0. The molecule has 0 aromatic rings. The molecule has 0 bridgehead atoms. The Balaban J connectivity index is 4.67. The Morgan fingerprint density at radius 2 is 1.43 bits per heavy atom. The van der Waals surface area contributed by atoms with Gasteiger partial charge >= 0.3 is 0 Å². The molecule has 0 aliphatic heterocycles. The molecule has 0 N–H and O–H groups in total. The lowest BCUT2D eigenvalue weighted by Gasteiger charge is -2.43. The largest absolute Gasteiger partial charge is 0.0771 e. The first-order valence-electron chi connectivity index (χ1n) is 6.16. The van der Waals surface area contributed by atoms with Crippen molar-refractivity contribution in [3.63, 3.8) is 0 Å². The van der Waals surface area contributed by atoms with Crippen molar-refractivity contribution in [1.29, 1.82) is 0 Å². The normalized spacial score (nSPS) is 15.1. The fourth-order valence-corrected chi connectivity index (χ4v) is 2.73. The quantitative estimate of drug-likeness (QED) is 0.548. The summed E-state index contributed by atoms with van der Waals surface area (Å²) >= 11 is 0. The van der Waals surface area contributed by atoms with Crippen LogP contribution in [0.4, 0.5) is 0 Å². The molecular formula is C13H27B. The van der Waals surface area contributed by atoms with E-state index in [2.05, 4.69) is 41.5 Å². The van der Waals surface area contributed by atoms with Crippen molar-refractivity contribution < 1.29 is 0 Å². The molecule has 0 aromatic carbocycles. The summed E-state index contributed by atoms with van der Waals surface area (Å²) in [7, 11) is 6.11. The Morgan fingerprint density at radius 1 is 1.00 bits per heavy atom. The minimum Gasteiger partial charge on any atom is -0.0771 e. The molecular weight excluding hydrogens is 167 g/mol. The van der Waals surface area contributed by atoms with E-state index in [1.807, 2.05) is 0 Å². The Hall–Kier alpha value is 0.0649. The van der Waals surface area contributed by atoms with Crippen LogP contribution in [0.3, 0.4) is 0 Å². The van der Waals surface area contributed by atoms with Crippen molar-refractivity contribution in [2.75, 3.05) is 0 Å². The molecule has 0 amide bonds. The molecule has 0 rings (SSSR count). The van der Waals surface area contributed by atoms with E-state index in [0.29, 0.717) is 11.2 Å². The van der Waals surface area contributed by atoms with Crippen molar-refractivity contribution in [3.8, 4) is 0 Å². The van der Waals surface area contributed by atoms with Crippen LogP contribution in [0.1, 0.15) is 60.8 Å². The Labute approximate surface area is 92.3 Å². The molecule has 0 saturated carbocycles. The maximum absolute atomic E-state index is 6.11. The fraction of sp³-hybridized carbons (Fsp3) is 1.00. The molecule has 2 radical (unpaired) electrons. The summed E-state index contributed by atoms with van der Waals surface area (Å²) in [5, 5.41) is 0. The summed E-state index contributed by atoms with van der Waals surface area (Å²) < 4.78 is 0. The minimum atomic E-state index is 0.375. The third-order valence-electron chi connectivity index (χ3n) is 4.12. The highest BCUT2D eigenvalue weighted by molar-refractivity contribution is 6.11. The fourth-order valence-electron chi connectivity index (χ4n) is 2.73. The summed E-state index contributed by atoms with van der Waals surface area (Å²) in [6.07, 6.45) is 3.52. The Bertz CT molecular complexity index is 141. The van der Waals surface area contributed by atoms with Gasteiger partial charge in [0.25, 0.3) is 0 Å². The van der Waals surface area contributed by atoms with Crippen molar-refractivity contribution in [1.82, 2.24) is 0 Å². The van der Waals surface area contributed by atoms with E-state index in [4.69, 9.17) is 7.85 Å². The lowest BCUT2D eigenvalue weighted by molar-refractivity contribution is 0.0892. The number of rotatable bonds is 6. The Kier molecular flexibility index (Phi) is 5.85. The van der Waals surface area contributed by atoms with E-state index >= 15 is 0 Å². The maximum atomic E-state index is 6.11. The highest BCUT2D eigenvalue weighted by atomic mass is 14.4. The summed E-state index contributed by atoms with van der Waals surface area (Å²) in [5.74, 6) is 1.83. The molecule has 82 valence electrons. The molecule has 0 saturated heterocycles. The van der Waals surface area contributed by atoms with Gasteiger partial charge in [0.05, 0.1) is 7.85 Å². The molecule has 0 aliphatic rings. The minimum absolute atomic E-state index is 0.375. The van der Waals surface area contributed by atoms with Gasteiger partial charge in [-0.1, -0.05) is 60.2 Å². The van der Waals surface area contributed by atoms with Crippen molar-refractivity contribution in [3.05, 3.63) is 0 Å². The zero-order valence-electron chi connectivity index (χ0n) is 10.9. The second-order valence-electron chi connectivity index (χ2n) is 5.27. The molecule has 1 atom stereocenters. The van der Waals surface area contributed by atoms with Crippen LogP contribution in [-0.4, -0.2) is 7.85 Å². The molecule has 0 aliphatic carbocycles. The van der Waals surface area contributed by atoms with Gasteiger partial charge in [-0.3, -0.25) is 0 Å². The van der Waals surface area contributed by atoms with Crippen molar-refractivity contribution in [2.45, 2.75) is 66.6 Å². The standard InChI is InChI=1S/C13H27B/c1-7-12(14)9-13(8-2,10(3)4)11(5)6/h10-12H,7-9H2,1-6H3. The van der Waals surface area contributed by atoms with Gasteiger partial charge in [-0.2, -0.15) is 0 Å². The third-order valence-corrected chi connectivity index (χ3v) is 4.12. The smallest absolute Gasteiger partial charge is 0.0699 e. The molecule has 0 fully saturated rings. The van der Waals surface area contributed by atoms with Crippen LogP contribution in [-0.2, 0) is 0 Å². The lowest BCUT2D eigenvalue weighted by Crippen LogP contribution is -2.33. The van der Waals surface area contributed by atoms with Crippen LogP contribution in [0.25, 0.3) is 0 Å². The summed E-state index contributed by atoms with van der Waals surface area (Å²) in [6, 6.07) is 0. The molecule has 1 unspecified atom stereocenters. The van der Waals surface area contributed by atoms with Crippen molar-refractivity contribution in [2.24, 2.45) is 17.3 Å². The summed E-state index contributed by atoms with van der Waals surface area (Å²) in [4.78, 5) is 0. The van der Waals surface area contributed by atoms with E-state index in [9.17, 15) is 0 Å². The predicted molar refractivity (Wildman–Crippen MR) is 66.8 cm³/mol. The van der Waals surface area contributed by atoms with Gasteiger partial charge in [0.15, 0.2) is 0 Å². The van der Waals surface area contributed by atoms with E-state index in [1.54, 1.807) is 0 Å². The van der Waals surface area contributed by atoms with E-state index in [-0.39, 0.29) is 0 Å². The maximum Gasteiger partial charge on any atom is 0.0699 e. The molecule has 0 aromatic heterocycles. The SMILES string of the molecule is [B]C(CC)CC(CC)(C(C)C)C(C)C. The Morgan fingerprint density at radius 3 is 1.64 bits per heavy atom. The van der Waals surface area contributed by atoms with E-state index in [1.165, 1.54) is 12.8 Å². The van der Waals surface area contributed by atoms with E-state index < -0.39 is 0 Å². The average Bonchev–Trinajstić information content (AvgIpc) is 2.12. The van der Waals surface area contributed by atoms with Crippen LogP contribution in [0, 0.1) is 17.3 Å². The van der Waals surface area contributed by atoms with Gasteiger partial charge in [0.2, 0.25) is 0 Å². The molecule has 0 spiro atoms. The van der Waals surface area contributed by atoms with Gasteiger partial charge < -0.3 is 0 Å². The van der Waals surface area contributed by atoms with Gasteiger partial charge in [-0.15, -0.1) is 0 Å². The van der Waals surface area contributed by atoms with Crippen LogP contribution in [0.15, 0.2) is 0 Å². The predicted octanol–water partition coefficient (Wildman–Crippen LogP) is 4.45. The van der Waals surface area contributed by atoms with Gasteiger partial charge in [0, 0.05) is 0 Å². The first kappa shape index (κ1) is 14.1. The van der Waals surface area contributed by atoms with Crippen LogP contribution in [0.5, 0.6) is 0 Å². The zero-order chi connectivity index (χ0) is 11.4. The van der Waals surface area contributed by atoms with Gasteiger partial charge in [0.1, 0.15) is 0 Å². The lowest BCUT2D eigenvalue weighted by atomic mass is 9.59. The summed E-state index contributed by atoms with van der Waals surface area (Å²) in [5.41, 5.74) is 0.440. The van der Waals surface area contributed by atoms with Crippen LogP contribution >= 0.6 is 0 Å². The van der Waals surface area contributed by atoms with Gasteiger partial charge in [-0.05, 0) is 23.7 Å². The second-order valence-corrected chi connectivity index (χ2v) is 5.27. The summed E-state index contributed by atoms with van der Waals surface area (Å²) in [6.45, 7) is 13.9. The topological polar surface area (TPSA) is 0 Å². The van der Waals surface area contributed by atoms with Crippen LogP contribution < -0.4 is 0 Å². The highest BCUT2D eigenvalue weighted by Crippen LogP contribution is 2.45. The molecule has 0 nitrogen and oxygen atoms in total. The molecule has 14 heavy (non-hydrogen) atoms. The molecule has 1 heteroatoms. The van der Waals surface area contributed by atoms with Crippen molar-refractivity contribution >= 4 is 7.85 Å². The van der Waals surface area contributed by atoms with E-state index in [0.717, 1.165) is 18.3 Å². The first-order valence-corrected chi connectivity index (χ1v) is 6.16. The highest BCUT2D eigenvalue weighted by Gasteiger charge is 2.35. The second kappa shape index (κ2) is 5.83. The third kappa shape index (κ3) is 3.03. The zero-order valence-corrected chi connectivity index (χ0v) is 10.9. The van der Waals surface area contributed by atoms with Crippen LogP contribution in [0.2, 0.25) is 5.82 Å². The molecule has 0 heterocycles. The van der Waals surface area contributed by atoms with Gasteiger partial charge in [-0.25, -0.2) is 0 Å². The number of hydrogen-bond acceptors (Lipinski definition) is 0. The monoisotopic (exact) mass is 194 g/mol. The first-order chi connectivity index (χ1) is 6.40. The average molecular weight is 194 g/mol.